The maximum atomic E-state index is 13.2. The van der Waals surface area contributed by atoms with Crippen molar-refractivity contribution in [1.29, 1.82) is 0 Å². The predicted octanol–water partition coefficient (Wildman–Crippen LogP) is 1.78. The Morgan fingerprint density at radius 3 is 2.57 bits per heavy atom. The van der Waals surface area contributed by atoms with E-state index in [0.29, 0.717) is 37.8 Å². The maximum Gasteiger partial charge on any atom is 0.229 e. The van der Waals surface area contributed by atoms with Crippen LogP contribution in [-0.2, 0) is 4.79 Å². The number of carbonyl (C=O) groups excluding carboxylic acids is 1. The van der Waals surface area contributed by atoms with E-state index in [1.54, 1.807) is 17.2 Å². The molecular formula is C15H15F2N5O. The Morgan fingerprint density at radius 2 is 1.87 bits per heavy atom. The lowest BCUT2D eigenvalue weighted by Crippen LogP contribution is -2.46. The topological polar surface area (TPSA) is 61.4 Å². The minimum absolute atomic E-state index is 0.298. The monoisotopic (exact) mass is 319 g/mol. The smallest absolute Gasteiger partial charge is 0.229 e. The molecule has 0 bridgehead atoms. The molecule has 0 atom stereocenters. The second kappa shape index (κ2) is 6.55. The van der Waals surface area contributed by atoms with E-state index in [9.17, 15) is 13.6 Å². The molecule has 23 heavy (non-hydrogen) atoms. The van der Waals surface area contributed by atoms with E-state index in [1.807, 2.05) is 4.90 Å². The lowest BCUT2D eigenvalue weighted by molar-refractivity contribution is -0.118. The SMILES string of the molecule is O=CN1CCN(c2ccnc(Nc3ccc(F)c(F)c3)n2)CC1. The van der Waals surface area contributed by atoms with Crippen molar-refractivity contribution in [2.45, 2.75) is 0 Å². The van der Waals surface area contributed by atoms with Crippen LogP contribution in [0, 0.1) is 11.6 Å². The largest absolute Gasteiger partial charge is 0.353 e. The number of amides is 1. The number of aromatic nitrogens is 2. The van der Waals surface area contributed by atoms with E-state index >= 15 is 0 Å². The maximum absolute atomic E-state index is 13.2. The van der Waals surface area contributed by atoms with Gasteiger partial charge >= 0.3 is 0 Å². The zero-order valence-corrected chi connectivity index (χ0v) is 12.2. The minimum Gasteiger partial charge on any atom is -0.353 e. The molecule has 1 N–H and O–H groups in total. The molecule has 1 aliphatic heterocycles. The van der Waals surface area contributed by atoms with Crippen LogP contribution >= 0.6 is 0 Å². The third-order valence-electron chi connectivity index (χ3n) is 3.60. The fourth-order valence-electron chi connectivity index (χ4n) is 2.34. The first-order valence-corrected chi connectivity index (χ1v) is 7.15. The number of nitrogens with zero attached hydrogens (tertiary/aromatic N) is 4. The summed E-state index contributed by atoms with van der Waals surface area (Å²) in [5.41, 5.74) is 0.367. The van der Waals surface area contributed by atoms with Crippen molar-refractivity contribution < 1.29 is 13.6 Å². The van der Waals surface area contributed by atoms with E-state index in [4.69, 9.17) is 0 Å². The van der Waals surface area contributed by atoms with Crippen LogP contribution in [0.1, 0.15) is 0 Å². The molecule has 1 fully saturated rings. The molecule has 2 heterocycles. The van der Waals surface area contributed by atoms with Gasteiger partial charge in [-0.1, -0.05) is 0 Å². The van der Waals surface area contributed by atoms with Crippen molar-refractivity contribution in [3.8, 4) is 0 Å². The molecule has 0 radical (unpaired) electrons. The summed E-state index contributed by atoms with van der Waals surface area (Å²) in [5, 5.41) is 2.85. The Hall–Kier alpha value is -2.77. The Morgan fingerprint density at radius 1 is 1.09 bits per heavy atom. The molecule has 2 aromatic rings. The first-order valence-electron chi connectivity index (χ1n) is 7.15. The normalized spacial score (nSPS) is 14.7. The summed E-state index contributed by atoms with van der Waals surface area (Å²) in [5.74, 6) is -0.823. The van der Waals surface area contributed by atoms with Crippen LogP contribution in [0.4, 0.5) is 26.2 Å². The third kappa shape index (κ3) is 3.53. The molecule has 120 valence electrons. The Balaban J connectivity index is 1.72. The second-order valence-corrected chi connectivity index (χ2v) is 5.12. The standard InChI is InChI=1S/C15H15F2N5O/c16-12-2-1-11(9-13(12)17)19-15-18-4-3-14(20-15)22-7-5-21(10-23)6-8-22/h1-4,9-10H,5-8H2,(H,18,19,20). The highest BCUT2D eigenvalue weighted by Crippen LogP contribution is 2.19. The van der Waals surface area contributed by atoms with Crippen LogP contribution in [-0.4, -0.2) is 47.5 Å². The lowest BCUT2D eigenvalue weighted by Gasteiger charge is -2.33. The fourth-order valence-corrected chi connectivity index (χ4v) is 2.34. The molecule has 0 spiro atoms. The van der Waals surface area contributed by atoms with Crippen molar-refractivity contribution in [3.63, 3.8) is 0 Å². The summed E-state index contributed by atoms with van der Waals surface area (Å²) in [6.07, 6.45) is 2.43. The first kappa shape index (κ1) is 15.1. The van der Waals surface area contributed by atoms with Gasteiger partial charge in [0.05, 0.1) is 0 Å². The van der Waals surface area contributed by atoms with Crippen LogP contribution in [0.3, 0.4) is 0 Å². The number of rotatable bonds is 4. The molecule has 6 nitrogen and oxygen atoms in total. The van der Waals surface area contributed by atoms with Gasteiger partial charge in [0.1, 0.15) is 5.82 Å². The number of halogens is 2. The Labute approximate surface area is 131 Å². The average Bonchev–Trinajstić information content (AvgIpc) is 2.58. The number of hydrogen-bond donors (Lipinski definition) is 1. The highest BCUT2D eigenvalue weighted by molar-refractivity contribution is 5.55. The highest BCUT2D eigenvalue weighted by Gasteiger charge is 2.17. The van der Waals surface area contributed by atoms with Crippen LogP contribution in [0.5, 0.6) is 0 Å². The molecular weight excluding hydrogens is 304 g/mol. The van der Waals surface area contributed by atoms with Gasteiger partial charge in [-0.15, -0.1) is 0 Å². The predicted molar refractivity (Wildman–Crippen MR) is 81.5 cm³/mol. The van der Waals surface area contributed by atoms with E-state index < -0.39 is 11.6 Å². The minimum atomic E-state index is -0.934. The van der Waals surface area contributed by atoms with Gasteiger partial charge in [0.25, 0.3) is 0 Å². The molecule has 0 unspecified atom stereocenters. The quantitative estimate of drug-likeness (QED) is 0.871. The summed E-state index contributed by atoms with van der Waals surface area (Å²) < 4.78 is 26.2. The van der Waals surface area contributed by atoms with Gasteiger partial charge in [0.15, 0.2) is 11.6 Å². The van der Waals surface area contributed by atoms with Gasteiger partial charge in [0, 0.05) is 44.1 Å². The Kier molecular flexibility index (Phi) is 4.31. The fraction of sp³-hybridized carbons (Fsp3) is 0.267. The van der Waals surface area contributed by atoms with Crippen LogP contribution in [0.15, 0.2) is 30.5 Å². The number of piperazine rings is 1. The second-order valence-electron chi connectivity index (χ2n) is 5.12. The van der Waals surface area contributed by atoms with Crippen LogP contribution < -0.4 is 10.2 Å². The summed E-state index contributed by atoms with van der Waals surface area (Å²) in [4.78, 5) is 22.9. The van der Waals surface area contributed by atoms with Gasteiger partial charge < -0.3 is 15.1 Å². The van der Waals surface area contributed by atoms with Gasteiger partial charge in [-0.2, -0.15) is 4.98 Å². The zero-order chi connectivity index (χ0) is 16.2. The van der Waals surface area contributed by atoms with Gasteiger partial charge in [-0.3, -0.25) is 4.79 Å². The molecule has 1 aliphatic rings. The number of anilines is 3. The molecule has 0 aliphatic carbocycles. The zero-order valence-electron chi connectivity index (χ0n) is 12.2. The van der Waals surface area contributed by atoms with Crippen molar-refractivity contribution in [2.24, 2.45) is 0 Å². The molecule has 3 rings (SSSR count). The molecule has 0 saturated carbocycles. The summed E-state index contributed by atoms with van der Waals surface area (Å²) in [7, 11) is 0. The highest BCUT2D eigenvalue weighted by atomic mass is 19.2. The number of benzene rings is 1. The number of carbonyl (C=O) groups is 1. The molecule has 1 aromatic carbocycles. The molecule has 1 aromatic heterocycles. The van der Waals surface area contributed by atoms with Gasteiger partial charge in [-0.25, -0.2) is 13.8 Å². The van der Waals surface area contributed by atoms with Gasteiger partial charge in [-0.05, 0) is 18.2 Å². The summed E-state index contributed by atoms with van der Waals surface area (Å²) >= 11 is 0. The molecule has 1 saturated heterocycles. The van der Waals surface area contributed by atoms with Crippen LogP contribution in [0.2, 0.25) is 0 Å². The van der Waals surface area contributed by atoms with E-state index in [0.717, 1.165) is 24.4 Å². The van der Waals surface area contributed by atoms with Crippen molar-refractivity contribution in [3.05, 3.63) is 42.1 Å². The van der Waals surface area contributed by atoms with E-state index in [-0.39, 0.29) is 0 Å². The van der Waals surface area contributed by atoms with Crippen molar-refractivity contribution >= 4 is 23.9 Å². The summed E-state index contributed by atoms with van der Waals surface area (Å²) in [6, 6.07) is 5.28. The summed E-state index contributed by atoms with van der Waals surface area (Å²) in [6.45, 7) is 2.64. The first-order chi connectivity index (χ1) is 11.2. The number of hydrogen-bond acceptors (Lipinski definition) is 5. The van der Waals surface area contributed by atoms with E-state index in [1.165, 1.54) is 6.07 Å². The third-order valence-corrected chi connectivity index (χ3v) is 3.60. The van der Waals surface area contributed by atoms with Crippen molar-refractivity contribution in [1.82, 2.24) is 14.9 Å². The average molecular weight is 319 g/mol. The van der Waals surface area contributed by atoms with Crippen LogP contribution in [0.25, 0.3) is 0 Å². The molecule has 8 heteroatoms. The Bertz CT molecular complexity index is 704. The number of nitrogens with one attached hydrogen (secondary N) is 1. The lowest BCUT2D eigenvalue weighted by atomic mass is 10.3. The molecule has 1 amide bonds. The van der Waals surface area contributed by atoms with Gasteiger partial charge in [0.2, 0.25) is 12.4 Å². The van der Waals surface area contributed by atoms with Crippen molar-refractivity contribution in [2.75, 3.05) is 36.4 Å². The van der Waals surface area contributed by atoms with E-state index in [2.05, 4.69) is 15.3 Å².